The topological polar surface area (TPSA) is 30.7 Å². The number of hydrogen-bond donors (Lipinski definition) is 0. The van der Waals surface area contributed by atoms with Crippen molar-refractivity contribution in [3.05, 3.63) is 160 Å². The second-order valence-corrected chi connectivity index (χ2v) is 14.7. The summed E-state index contributed by atoms with van der Waals surface area (Å²) in [5.74, 6) is 1.74. The molecule has 5 aromatic carbocycles. The first-order valence-corrected chi connectivity index (χ1v) is 18.5. The minimum atomic E-state index is -2.18. The summed E-state index contributed by atoms with van der Waals surface area (Å²) in [7, 11) is 0. The molecular weight excluding hydrogens is 843 g/mol. The Morgan fingerprint density at radius 1 is 0.755 bits per heavy atom. The number of hydrogen-bond acceptors (Lipinski definition) is 3. The Morgan fingerprint density at radius 3 is 2.09 bits per heavy atom. The van der Waals surface area contributed by atoms with E-state index in [2.05, 4.69) is 141 Å². The summed E-state index contributed by atoms with van der Waals surface area (Å²) in [6.07, 6.45) is 1.30. The van der Waals surface area contributed by atoms with E-state index in [1.807, 2.05) is 0 Å². The van der Waals surface area contributed by atoms with Crippen molar-refractivity contribution in [1.29, 1.82) is 0 Å². The molecule has 3 nitrogen and oxygen atoms in total. The van der Waals surface area contributed by atoms with Gasteiger partial charge in [0.15, 0.2) is 0 Å². The van der Waals surface area contributed by atoms with Crippen molar-refractivity contribution in [3.8, 4) is 39.5 Å². The van der Waals surface area contributed by atoms with Crippen molar-refractivity contribution in [1.82, 2.24) is 14.5 Å². The molecule has 0 unspecified atom stereocenters. The summed E-state index contributed by atoms with van der Waals surface area (Å²) in [5, 5.41) is 4.87. The molecule has 8 rings (SSSR count). The second-order valence-electron chi connectivity index (χ2n) is 13.8. The van der Waals surface area contributed by atoms with Crippen LogP contribution in [-0.2, 0) is 20.1 Å². The Bertz CT molecular complexity index is 2620. The van der Waals surface area contributed by atoms with Crippen LogP contribution in [0.1, 0.15) is 81.1 Å². The van der Waals surface area contributed by atoms with E-state index in [-0.39, 0.29) is 31.2 Å². The summed E-state index contributed by atoms with van der Waals surface area (Å²) in [6.45, 7) is 9.18. The van der Waals surface area contributed by atoms with Crippen LogP contribution in [0.4, 0.5) is 0 Å². The standard InChI is InChI=1S/C35H33N2S.C13H12N.Ir/c1-21(2)26-13-10-14-27(22(3)4)34(26)37-31-16-8-7-15-30(31)36-35(37)29-20-38-32-18-17-25(19-28(29)32)33-23(5)11-9-12-24(33)6;1-10-3-6-12(7-4-10)13-8-5-11(2)9-14-13;/h7-19,21-22H,1-6H3;3-6,8-9H,1-2H3;/q2*-1;/i;1D3,2D3;. The smallest absolute Gasteiger partial charge is 0.0774 e. The number of pyridine rings is 1. The summed E-state index contributed by atoms with van der Waals surface area (Å²) < 4.78 is 47.3. The molecule has 0 atom stereocenters. The fraction of sp³-hybridized carbons (Fsp3) is 0.208. The maximum absolute atomic E-state index is 7.28. The van der Waals surface area contributed by atoms with Crippen molar-refractivity contribution in [2.24, 2.45) is 0 Å². The van der Waals surface area contributed by atoms with Crippen LogP contribution in [0, 0.1) is 39.0 Å². The molecule has 3 heterocycles. The van der Waals surface area contributed by atoms with Gasteiger partial charge in [0.25, 0.3) is 0 Å². The van der Waals surface area contributed by atoms with Crippen molar-refractivity contribution >= 4 is 32.5 Å². The first-order valence-electron chi connectivity index (χ1n) is 20.6. The van der Waals surface area contributed by atoms with Gasteiger partial charge in [-0.2, -0.15) is 0 Å². The van der Waals surface area contributed by atoms with Crippen LogP contribution in [0.3, 0.4) is 0 Å². The molecule has 0 saturated heterocycles. The first kappa shape index (κ1) is 30.8. The zero-order valence-electron chi connectivity index (χ0n) is 36.7. The van der Waals surface area contributed by atoms with Crippen molar-refractivity contribution in [2.45, 2.75) is 67.1 Å². The van der Waals surface area contributed by atoms with Crippen LogP contribution in [0.25, 0.3) is 60.6 Å². The third-order valence-electron chi connectivity index (χ3n) is 9.48. The van der Waals surface area contributed by atoms with Gasteiger partial charge in [-0.3, -0.25) is 16.3 Å². The number of benzene rings is 5. The molecule has 0 spiro atoms. The molecule has 0 saturated carbocycles. The molecule has 1 radical (unpaired) electrons. The fourth-order valence-electron chi connectivity index (χ4n) is 6.89. The van der Waals surface area contributed by atoms with Gasteiger partial charge in [-0.25, -0.2) is 0 Å². The molecule has 53 heavy (non-hydrogen) atoms. The SMILES string of the molecule is Cc1cccc(C)c1-c1ccc2s[c-]c(-c3nc4ccccc4n3-c3c(C(C)C)cccc3C(C)C)c2c1.[2H]C([2H])([2H])c1c[c-]c(-c2ccc(C([2H])([2H])[2H])cn2)cc1.[Ir]. The molecule has 0 bridgehead atoms. The first-order chi connectivity index (χ1) is 27.5. The number of fused-ring (bicyclic) bond motifs is 2. The van der Waals surface area contributed by atoms with Gasteiger partial charge in [-0.05, 0) is 89.3 Å². The maximum Gasteiger partial charge on any atom is 0.0774 e. The van der Waals surface area contributed by atoms with Crippen LogP contribution in [0.5, 0.6) is 0 Å². The number of nitrogens with zero attached hydrogens (tertiary/aromatic N) is 3. The van der Waals surface area contributed by atoms with Gasteiger partial charge < -0.3 is 9.55 Å². The quantitative estimate of drug-likeness (QED) is 0.156. The van der Waals surface area contributed by atoms with Gasteiger partial charge in [0.2, 0.25) is 0 Å². The Kier molecular flexibility index (Phi) is 9.37. The summed E-state index contributed by atoms with van der Waals surface area (Å²) in [4.78, 5) is 9.33. The molecule has 0 N–H and O–H groups in total. The van der Waals surface area contributed by atoms with Crippen molar-refractivity contribution in [3.63, 3.8) is 0 Å². The zero-order chi connectivity index (χ0) is 41.5. The molecule has 269 valence electrons. The monoisotopic (exact) mass is 894 g/mol. The Balaban J connectivity index is 0.000000236. The second kappa shape index (κ2) is 16.1. The third-order valence-corrected chi connectivity index (χ3v) is 10.4. The summed E-state index contributed by atoms with van der Waals surface area (Å²) >= 11 is 1.68. The van der Waals surface area contributed by atoms with Crippen LogP contribution in [-0.4, -0.2) is 14.5 Å². The Labute approximate surface area is 340 Å². The van der Waals surface area contributed by atoms with Crippen LogP contribution >= 0.6 is 11.3 Å². The van der Waals surface area contributed by atoms with Crippen LogP contribution < -0.4 is 0 Å². The number of thiophene rings is 1. The number of imidazole rings is 1. The minimum absolute atomic E-state index is 0. The number of rotatable bonds is 6. The van der Waals surface area contributed by atoms with E-state index in [0.717, 1.165) is 22.4 Å². The van der Waals surface area contributed by atoms with Crippen LogP contribution in [0.2, 0.25) is 0 Å². The predicted molar refractivity (Wildman–Crippen MR) is 222 cm³/mol. The minimum Gasteiger partial charge on any atom is -0.333 e. The zero-order valence-corrected chi connectivity index (χ0v) is 33.9. The van der Waals surface area contributed by atoms with Gasteiger partial charge >= 0.3 is 0 Å². The van der Waals surface area contributed by atoms with E-state index in [4.69, 9.17) is 13.2 Å². The van der Waals surface area contributed by atoms with Gasteiger partial charge in [0.05, 0.1) is 16.9 Å². The van der Waals surface area contributed by atoms with E-state index < -0.39 is 13.7 Å². The van der Waals surface area contributed by atoms with Gasteiger partial charge in [0, 0.05) is 40.2 Å². The van der Waals surface area contributed by atoms with Gasteiger partial charge in [0.1, 0.15) is 0 Å². The molecular formula is C48H45IrN3S-2. The van der Waals surface area contributed by atoms with Crippen LogP contribution in [0.15, 0.2) is 115 Å². The predicted octanol–water partition coefficient (Wildman–Crippen LogP) is 13.4. The molecule has 0 aliphatic heterocycles. The van der Waals surface area contributed by atoms with Gasteiger partial charge in [-0.15, -0.1) is 40.8 Å². The average Bonchev–Trinajstić information content (AvgIpc) is 3.78. The third kappa shape index (κ3) is 7.71. The maximum atomic E-state index is 7.28. The van der Waals surface area contributed by atoms with Gasteiger partial charge in [-0.1, -0.05) is 129 Å². The average molecular weight is 894 g/mol. The van der Waals surface area contributed by atoms with E-state index in [1.165, 1.54) is 73.6 Å². The van der Waals surface area contributed by atoms with E-state index >= 15 is 0 Å². The largest absolute Gasteiger partial charge is 0.333 e. The Hall–Kier alpha value is -4.67. The molecule has 3 aromatic heterocycles. The van der Waals surface area contributed by atoms with E-state index in [1.54, 1.807) is 23.5 Å². The number of aromatic nitrogens is 3. The fourth-order valence-corrected chi connectivity index (χ4v) is 7.71. The molecule has 8 aromatic rings. The summed E-state index contributed by atoms with van der Waals surface area (Å²) in [5.41, 5.74) is 13.9. The molecule has 5 heteroatoms. The summed E-state index contributed by atoms with van der Waals surface area (Å²) in [6, 6.07) is 39.1. The number of aryl methyl sites for hydroxylation is 4. The van der Waals surface area contributed by atoms with E-state index in [0.29, 0.717) is 23.1 Å². The normalized spacial score (nSPS) is 13.4. The Morgan fingerprint density at radius 2 is 1.45 bits per heavy atom. The van der Waals surface area contributed by atoms with E-state index in [9.17, 15) is 0 Å². The van der Waals surface area contributed by atoms with Crippen molar-refractivity contribution < 1.29 is 28.3 Å². The molecule has 0 aliphatic carbocycles. The molecule has 0 fully saturated rings. The number of para-hydroxylation sites is 3. The molecule has 0 aliphatic rings. The van der Waals surface area contributed by atoms with Crippen molar-refractivity contribution in [2.75, 3.05) is 0 Å². The molecule has 0 amide bonds.